The summed E-state index contributed by atoms with van der Waals surface area (Å²) in [6.07, 6.45) is 2.15. The lowest BCUT2D eigenvalue weighted by molar-refractivity contribution is 0.0789. The first-order valence-corrected chi connectivity index (χ1v) is 7.28. The van der Waals surface area contributed by atoms with Crippen LogP contribution in [0.5, 0.6) is 5.75 Å². The Bertz CT molecular complexity index is 660. The fourth-order valence-electron chi connectivity index (χ4n) is 2.98. The number of likely N-dealkylation sites (tertiary alicyclic amines) is 1. The molecule has 2 aromatic rings. The van der Waals surface area contributed by atoms with Gasteiger partial charge in [0.1, 0.15) is 5.75 Å². The summed E-state index contributed by atoms with van der Waals surface area (Å²) in [6.45, 7) is 2.22. The van der Waals surface area contributed by atoms with E-state index in [0.29, 0.717) is 17.5 Å². The summed E-state index contributed by atoms with van der Waals surface area (Å²) < 4.78 is 0. The first-order valence-electron chi connectivity index (χ1n) is 7.28. The van der Waals surface area contributed by atoms with Crippen LogP contribution in [0.15, 0.2) is 30.3 Å². The largest absolute Gasteiger partial charge is 0.507 e. The lowest BCUT2D eigenvalue weighted by Crippen LogP contribution is -2.35. The van der Waals surface area contributed by atoms with Crippen molar-refractivity contribution in [1.82, 2.24) is 4.90 Å². The molecule has 3 rings (SSSR count). The molecule has 0 amide bonds. The molecule has 4 heteroatoms. The highest BCUT2D eigenvalue weighted by molar-refractivity contribution is 6.01. The molecule has 0 unspecified atom stereocenters. The highest BCUT2D eigenvalue weighted by Crippen LogP contribution is 2.32. The van der Waals surface area contributed by atoms with E-state index in [1.54, 1.807) is 6.07 Å². The summed E-state index contributed by atoms with van der Waals surface area (Å²) in [6, 6.07) is 9.18. The summed E-state index contributed by atoms with van der Waals surface area (Å²) in [5, 5.41) is 21.5. The number of aldehydes is 1. The molecule has 1 heterocycles. The van der Waals surface area contributed by atoms with Gasteiger partial charge in [-0.15, -0.1) is 0 Å². The molecule has 0 spiro atoms. The van der Waals surface area contributed by atoms with Crippen molar-refractivity contribution in [3.05, 3.63) is 41.5 Å². The van der Waals surface area contributed by atoms with Gasteiger partial charge >= 0.3 is 0 Å². The second-order valence-electron chi connectivity index (χ2n) is 5.64. The zero-order chi connectivity index (χ0) is 14.8. The maximum absolute atomic E-state index is 11.3. The molecule has 2 aromatic carbocycles. The lowest BCUT2D eigenvalue weighted by Gasteiger charge is -2.29. The molecule has 21 heavy (non-hydrogen) atoms. The quantitative estimate of drug-likeness (QED) is 0.850. The van der Waals surface area contributed by atoms with Crippen molar-refractivity contribution >= 4 is 17.1 Å². The number of fused-ring (bicyclic) bond motifs is 1. The van der Waals surface area contributed by atoms with E-state index in [9.17, 15) is 15.0 Å². The van der Waals surface area contributed by atoms with Gasteiger partial charge < -0.3 is 10.2 Å². The minimum absolute atomic E-state index is 0.211. The second kappa shape index (κ2) is 5.84. The van der Waals surface area contributed by atoms with E-state index in [4.69, 9.17) is 0 Å². The van der Waals surface area contributed by atoms with Crippen molar-refractivity contribution in [3.8, 4) is 5.75 Å². The van der Waals surface area contributed by atoms with Crippen LogP contribution < -0.4 is 0 Å². The molecule has 1 saturated heterocycles. The first-order chi connectivity index (χ1) is 10.2. The smallest absolute Gasteiger partial charge is 0.150 e. The third-order valence-corrected chi connectivity index (χ3v) is 4.21. The predicted molar refractivity (Wildman–Crippen MR) is 81.5 cm³/mol. The summed E-state index contributed by atoms with van der Waals surface area (Å²) in [5.41, 5.74) is 1.38. The van der Waals surface area contributed by atoms with Gasteiger partial charge in [-0.1, -0.05) is 24.3 Å². The SMILES string of the molecule is O=Cc1cc(CN2CCC(O)CC2)c(O)c2ccccc12. The van der Waals surface area contributed by atoms with Crippen molar-refractivity contribution in [2.24, 2.45) is 0 Å². The van der Waals surface area contributed by atoms with Crippen molar-refractivity contribution in [2.75, 3.05) is 13.1 Å². The van der Waals surface area contributed by atoms with Crippen LogP contribution >= 0.6 is 0 Å². The van der Waals surface area contributed by atoms with Gasteiger partial charge in [0.15, 0.2) is 6.29 Å². The number of aromatic hydroxyl groups is 1. The fraction of sp³-hybridized carbons (Fsp3) is 0.353. The Hall–Kier alpha value is -1.91. The highest BCUT2D eigenvalue weighted by Gasteiger charge is 2.19. The molecule has 0 saturated carbocycles. The Morgan fingerprint density at radius 3 is 2.52 bits per heavy atom. The predicted octanol–water partition coefficient (Wildman–Crippen LogP) is 2.31. The van der Waals surface area contributed by atoms with Crippen LogP contribution in [-0.2, 0) is 6.54 Å². The van der Waals surface area contributed by atoms with Gasteiger partial charge in [0.25, 0.3) is 0 Å². The number of hydrogen-bond acceptors (Lipinski definition) is 4. The molecule has 1 aliphatic heterocycles. The zero-order valence-corrected chi connectivity index (χ0v) is 11.8. The van der Waals surface area contributed by atoms with Crippen molar-refractivity contribution in [1.29, 1.82) is 0 Å². The third kappa shape index (κ3) is 2.77. The Kier molecular flexibility index (Phi) is 3.90. The Labute approximate surface area is 123 Å². The standard InChI is InChI=1S/C17H19NO3/c19-11-13-9-12(10-18-7-5-14(20)6-8-18)17(21)16-4-2-1-3-15(13)16/h1-4,9,11,14,20-21H,5-8,10H2. The number of hydrogen-bond donors (Lipinski definition) is 2. The van der Waals surface area contributed by atoms with Crippen LogP contribution in [0.1, 0.15) is 28.8 Å². The number of aliphatic hydroxyl groups excluding tert-OH is 1. The molecule has 0 aliphatic carbocycles. The molecule has 0 atom stereocenters. The molecule has 0 radical (unpaired) electrons. The molecular formula is C17H19NO3. The van der Waals surface area contributed by atoms with Crippen LogP contribution in [0.25, 0.3) is 10.8 Å². The number of phenolic OH excluding ortho intramolecular Hbond substituents is 1. The van der Waals surface area contributed by atoms with Crippen molar-refractivity contribution in [2.45, 2.75) is 25.5 Å². The van der Waals surface area contributed by atoms with Gasteiger partial charge in [-0.25, -0.2) is 0 Å². The van der Waals surface area contributed by atoms with Crippen LogP contribution in [0, 0.1) is 0 Å². The van der Waals surface area contributed by atoms with Gasteiger partial charge in [0, 0.05) is 36.1 Å². The minimum atomic E-state index is -0.211. The molecule has 2 N–H and O–H groups in total. The van der Waals surface area contributed by atoms with E-state index in [1.165, 1.54) is 0 Å². The first kappa shape index (κ1) is 14.0. The van der Waals surface area contributed by atoms with Gasteiger partial charge in [-0.05, 0) is 24.3 Å². The fourth-order valence-corrected chi connectivity index (χ4v) is 2.98. The zero-order valence-electron chi connectivity index (χ0n) is 11.8. The number of aliphatic hydroxyl groups is 1. The molecule has 0 bridgehead atoms. The summed E-state index contributed by atoms with van der Waals surface area (Å²) >= 11 is 0. The second-order valence-corrected chi connectivity index (χ2v) is 5.64. The maximum atomic E-state index is 11.3. The molecule has 4 nitrogen and oxygen atoms in total. The maximum Gasteiger partial charge on any atom is 0.150 e. The average Bonchev–Trinajstić information content (AvgIpc) is 2.52. The van der Waals surface area contributed by atoms with Gasteiger partial charge in [0.05, 0.1) is 6.10 Å². The van der Waals surface area contributed by atoms with Gasteiger partial charge in [-0.2, -0.15) is 0 Å². The van der Waals surface area contributed by atoms with Gasteiger partial charge in [0.2, 0.25) is 0 Å². The number of rotatable bonds is 3. The number of nitrogens with zero attached hydrogens (tertiary/aromatic N) is 1. The molecule has 1 aliphatic rings. The number of benzene rings is 2. The van der Waals surface area contributed by atoms with E-state index < -0.39 is 0 Å². The Balaban J connectivity index is 1.95. The van der Waals surface area contributed by atoms with E-state index >= 15 is 0 Å². The minimum Gasteiger partial charge on any atom is -0.507 e. The molecule has 110 valence electrons. The average molecular weight is 285 g/mol. The number of carbonyl (C=O) groups excluding carboxylic acids is 1. The van der Waals surface area contributed by atoms with E-state index in [1.807, 2.05) is 24.3 Å². The normalized spacial score (nSPS) is 17.2. The van der Waals surface area contributed by atoms with Gasteiger partial charge in [-0.3, -0.25) is 9.69 Å². The van der Waals surface area contributed by atoms with Crippen LogP contribution in [0.2, 0.25) is 0 Å². The topological polar surface area (TPSA) is 60.8 Å². The highest BCUT2D eigenvalue weighted by atomic mass is 16.3. The van der Waals surface area contributed by atoms with E-state index in [2.05, 4.69) is 4.90 Å². The Morgan fingerprint density at radius 2 is 1.86 bits per heavy atom. The summed E-state index contributed by atoms with van der Waals surface area (Å²) in [5.74, 6) is 0.252. The molecule has 1 fully saturated rings. The summed E-state index contributed by atoms with van der Waals surface area (Å²) in [7, 11) is 0. The number of carbonyl (C=O) groups is 1. The third-order valence-electron chi connectivity index (χ3n) is 4.21. The van der Waals surface area contributed by atoms with Crippen LogP contribution in [0.3, 0.4) is 0 Å². The van der Waals surface area contributed by atoms with Crippen LogP contribution in [0.4, 0.5) is 0 Å². The van der Waals surface area contributed by atoms with E-state index in [0.717, 1.165) is 43.2 Å². The number of piperidine rings is 1. The van der Waals surface area contributed by atoms with Crippen LogP contribution in [-0.4, -0.2) is 40.6 Å². The molecule has 0 aromatic heterocycles. The monoisotopic (exact) mass is 285 g/mol. The van der Waals surface area contributed by atoms with Crippen molar-refractivity contribution < 1.29 is 15.0 Å². The lowest BCUT2D eigenvalue weighted by atomic mass is 9.99. The molecular weight excluding hydrogens is 266 g/mol. The number of phenols is 1. The van der Waals surface area contributed by atoms with E-state index in [-0.39, 0.29) is 11.9 Å². The summed E-state index contributed by atoms with van der Waals surface area (Å²) in [4.78, 5) is 13.5. The Morgan fingerprint density at radius 1 is 1.19 bits per heavy atom. The van der Waals surface area contributed by atoms with Crippen molar-refractivity contribution in [3.63, 3.8) is 0 Å².